The number of aryl methyl sites for hydroxylation is 1. The van der Waals surface area contributed by atoms with Crippen LogP contribution in [0.3, 0.4) is 0 Å². The Bertz CT molecular complexity index is 417. The molecule has 98 valence electrons. The third-order valence-corrected chi connectivity index (χ3v) is 3.80. The largest absolute Gasteiger partial charge is 0.481 e. The summed E-state index contributed by atoms with van der Waals surface area (Å²) in [7, 11) is 2.04. The molecule has 0 aromatic heterocycles. The van der Waals surface area contributed by atoms with Crippen LogP contribution >= 0.6 is 0 Å². The molecule has 1 unspecified atom stereocenters. The first-order valence-corrected chi connectivity index (χ1v) is 6.68. The van der Waals surface area contributed by atoms with E-state index in [1.807, 2.05) is 7.05 Å². The first-order valence-electron chi connectivity index (χ1n) is 6.68. The smallest absolute Gasteiger partial charge is 0.304 e. The molecule has 18 heavy (non-hydrogen) atoms. The maximum atomic E-state index is 10.7. The molecular formula is C15H21NO2. The maximum absolute atomic E-state index is 10.7. The Morgan fingerprint density at radius 2 is 2.17 bits per heavy atom. The predicted octanol–water partition coefficient (Wildman–Crippen LogP) is 2.86. The zero-order chi connectivity index (χ0) is 13.0. The molecule has 1 aromatic rings. The van der Waals surface area contributed by atoms with E-state index in [4.69, 9.17) is 5.11 Å². The normalized spacial score (nSPS) is 19.3. The Morgan fingerprint density at radius 3 is 2.94 bits per heavy atom. The van der Waals surface area contributed by atoms with Gasteiger partial charge in [-0.1, -0.05) is 30.7 Å². The Hall–Kier alpha value is -1.35. The summed E-state index contributed by atoms with van der Waals surface area (Å²) in [4.78, 5) is 12.9. The summed E-state index contributed by atoms with van der Waals surface area (Å²) >= 11 is 0. The Balaban J connectivity index is 2.14. The van der Waals surface area contributed by atoms with Crippen molar-refractivity contribution < 1.29 is 9.90 Å². The van der Waals surface area contributed by atoms with Gasteiger partial charge in [0.25, 0.3) is 0 Å². The lowest BCUT2D eigenvalue weighted by Crippen LogP contribution is -2.27. The van der Waals surface area contributed by atoms with Crippen LogP contribution in [-0.4, -0.2) is 29.6 Å². The quantitative estimate of drug-likeness (QED) is 0.832. The first-order chi connectivity index (χ1) is 8.68. The number of hydrogen-bond donors (Lipinski definition) is 1. The molecule has 0 amide bonds. The fourth-order valence-electron chi connectivity index (χ4n) is 2.78. The molecule has 1 aromatic carbocycles. The summed E-state index contributed by atoms with van der Waals surface area (Å²) < 4.78 is 0. The van der Waals surface area contributed by atoms with Gasteiger partial charge >= 0.3 is 5.97 Å². The number of fused-ring (bicyclic) bond motifs is 1. The van der Waals surface area contributed by atoms with E-state index in [0.29, 0.717) is 12.6 Å². The van der Waals surface area contributed by atoms with Crippen LogP contribution in [-0.2, 0) is 11.2 Å². The highest BCUT2D eigenvalue weighted by molar-refractivity contribution is 5.66. The Labute approximate surface area is 108 Å². The molecule has 2 rings (SSSR count). The van der Waals surface area contributed by atoms with Crippen LogP contribution in [0, 0.1) is 0 Å². The third-order valence-electron chi connectivity index (χ3n) is 3.80. The zero-order valence-corrected chi connectivity index (χ0v) is 10.9. The number of hydrogen-bond acceptors (Lipinski definition) is 2. The number of nitrogens with zero attached hydrogens (tertiary/aromatic N) is 1. The van der Waals surface area contributed by atoms with Crippen LogP contribution in [0.1, 0.15) is 42.9 Å². The van der Waals surface area contributed by atoms with E-state index >= 15 is 0 Å². The van der Waals surface area contributed by atoms with Crippen LogP contribution in [0.4, 0.5) is 0 Å². The third kappa shape index (κ3) is 3.10. The topological polar surface area (TPSA) is 40.5 Å². The summed E-state index contributed by atoms with van der Waals surface area (Å²) in [5.41, 5.74) is 2.82. The van der Waals surface area contributed by atoms with Crippen molar-refractivity contribution >= 4 is 5.97 Å². The second kappa shape index (κ2) is 6.01. The number of carboxylic acid groups (broad SMARTS) is 1. The summed E-state index contributed by atoms with van der Waals surface area (Å²) in [6, 6.07) is 8.96. The van der Waals surface area contributed by atoms with E-state index in [2.05, 4.69) is 29.2 Å². The molecule has 1 N–H and O–H groups in total. The SMILES string of the molecule is CN(CCC(=O)O)C1CCCCc2ccccc21. The van der Waals surface area contributed by atoms with E-state index in [-0.39, 0.29) is 6.42 Å². The van der Waals surface area contributed by atoms with Crippen molar-refractivity contribution in [3.8, 4) is 0 Å². The molecule has 0 heterocycles. The van der Waals surface area contributed by atoms with Crippen LogP contribution in [0.5, 0.6) is 0 Å². The van der Waals surface area contributed by atoms with Crippen molar-refractivity contribution in [1.82, 2.24) is 4.90 Å². The van der Waals surface area contributed by atoms with Gasteiger partial charge in [-0.2, -0.15) is 0 Å². The van der Waals surface area contributed by atoms with Gasteiger partial charge in [-0.3, -0.25) is 9.69 Å². The molecular weight excluding hydrogens is 226 g/mol. The summed E-state index contributed by atoms with van der Waals surface area (Å²) in [6.45, 7) is 0.619. The number of carbonyl (C=O) groups is 1. The number of carboxylic acids is 1. The Morgan fingerprint density at radius 1 is 1.39 bits per heavy atom. The second-order valence-electron chi connectivity index (χ2n) is 5.08. The summed E-state index contributed by atoms with van der Waals surface area (Å²) in [5, 5.41) is 8.78. The monoisotopic (exact) mass is 247 g/mol. The van der Waals surface area contributed by atoms with Crippen molar-refractivity contribution in [2.75, 3.05) is 13.6 Å². The maximum Gasteiger partial charge on any atom is 0.304 e. The van der Waals surface area contributed by atoms with Gasteiger partial charge in [0.1, 0.15) is 0 Å². The molecule has 0 saturated heterocycles. The van der Waals surface area contributed by atoms with E-state index in [1.165, 1.54) is 24.0 Å². The van der Waals surface area contributed by atoms with Gasteiger partial charge in [0.2, 0.25) is 0 Å². The van der Waals surface area contributed by atoms with Crippen molar-refractivity contribution in [1.29, 1.82) is 0 Å². The highest BCUT2D eigenvalue weighted by Gasteiger charge is 2.22. The van der Waals surface area contributed by atoms with E-state index in [1.54, 1.807) is 0 Å². The van der Waals surface area contributed by atoms with E-state index < -0.39 is 5.97 Å². The van der Waals surface area contributed by atoms with Gasteiger partial charge in [-0.15, -0.1) is 0 Å². The molecule has 0 saturated carbocycles. The number of rotatable bonds is 4. The second-order valence-corrected chi connectivity index (χ2v) is 5.08. The molecule has 0 fully saturated rings. The van der Waals surface area contributed by atoms with Gasteiger partial charge < -0.3 is 5.11 Å². The first kappa shape index (κ1) is 13.1. The number of aliphatic carboxylic acids is 1. The summed E-state index contributed by atoms with van der Waals surface area (Å²) in [6.07, 6.45) is 4.96. The van der Waals surface area contributed by atoms with Crippen LogP contribution in [0.2, 0.25) is 0 Å². The average molecular weight is 247 g/mol. The van der Waals surface area contributed by atoms with Crippen LogP contribution < -0.4 is 0 Å². The molecule has 3 nitrogen and oxygen atoms in total. The highest BCUT2D eigenvalue weighted by atomic mass is 16.4. The van der Waals surface area contributed by atoms with Gasteiger partial charge in [-0.05, 0) is 37.4 Å². The van der Waals surface area contributed by atoms with E-state index in [9.17, 15) is 4.79 Å². The lowest BCUT2D eigenvalue weighted by atomic mass is 9.98. The standard InChI is InChI=1S/C15H21NO2/c1-16(11-10-15(17)18)14-9-5-3-7-12-6-2-4-8-13(12)14/h2,4,6,8,14H,3,5,7,9-11H2,1H3,(H,17,18). The minimum absolute atomic E-state index is 0.217. The van der Waals surface area contributed by atoms with Crippen LogP contribution in [0.25, 0.3) is 0 Å². The fourth-order valence-corrected chi connectivity index (χ4v) is 2.78. The van der Waals surface area contributed by atoms with Crippen molar-refractivity contribution in [3.63, 3.8) is 0 Å². The zero-order valence-electron chi connectivity index (χ0n) is 10.9. The molecule has 0 spiro atoms. The predicted molar refractivity (Wildman–Crippen MR) is 71.6 cm³/mol. The summed E-state index contributed by atoms with van der Waals surface area (Å²) in [5.74, 6) is -0.719. The van der Waals surface area contributed by atoms with Crippen molar-refractivity contribution in [2.45, 2.75) is 38.1 Å². The highest BCUT2D eigenvalue weighted by Crippen LogP contribution is 2.32. The lowest BCUT2D eigenvalue weighted by Gasteiger charge is -2.28. The number of benzene rings is 1. The van der Waals surface area contributed by atoms with Gasteiger partial charge in [0.05, 0.1) is 6.42 Å². The van der Waals surface area contributed by atoms with Crippen molar-refractivity contribution in [3.05, 3.63) is 35.4 Å². The van der Waals surface area contributed by atoms with Gasteiger partial charge in [0, 0.05) is 12.6 Å². The molecule has 3 heteroatoms. The van der Waals surface area contributed by atoms with Gasteiger partial charge in [0.15, 0.2) is 0 Å². The fraction of sp³-hybridized carbons (Fsp3) is 0.533. The van der Waals surface area contributed by atoms with Gasteiger partial charge in [-0.25, -0.2) is 0 Å². The molecule has 1 aliphatic carbocycles. The van der Waals surface area contributed by atoms with Crippen LogP contribution in [0.15, 0.2) is 24.3 Å². The molecule has 0 bridgehead atoms. The molecule has 1 aliphatic rings. The van der Waals surface area contributed by atoms with Crippen molar-refractivity contribution in [2.24, 2.45) is 0 Å². The van der Waals surface area contributed by atoms with E-state index in [0.717, 1.165) is 12.8 Å². The molecule has 0 aliphatic heterocycles. The molecule has 0 radical (unpaired) electrons. The minimum Gasteiger partial charge on any atom is -0.481 e. The Kier molecular flexibility index (Phi) is 4.37. The average Bonchev–Trinajstić information content (AvgIpc) is 2.58. The lowest BCUT2D eigenvalue weighted by molar-refractivity contribution is -0.137. The molecule has 1 atom stereocenters. The minimum atomic E-state index is -0.719.